The second kappa shape index (κ2) is 10.6. The lowest BCUT2D eigenvalue weighted by Crippen LogP contribution is -2.35. The highest BCUT2D eigenvalue weighted by Crippen LogP contribution is 2.30. The van der Waals surface area contributed by atoms with Gasteiger partial charge in [-0.3, -0.25) is 4.90 Å². The Kier molecular flexibility index (Phi) is 7.30. The number of hydrogen-bond donors (Lipinski definition) is 0. The predicted molar refractivity (Wildman–Crippen MR) is 132 cm³/mol. The van der Waals surface area contributed by atoms with Crippen molar-refractivity contribution in [1.29, 1.82) is 0 Å². The number of nitrogens with zero attached hydrogens (tertiary/aromatic N) is 5. The summed E-state index contributed by atoms with van der Waals surface area (Å²) in [7, 11) is 0. The zero-order chi connectivity index (χ0) is 22.6. The van der Waals surface area contributed by atoms with Crippen LogP contribution >= 0.6 is 23.4 Å². The van der Waals surface area contributed by atoms with Gasteiger partial charge in [-0.15, -0.1) is 0 Å². The summed E-state index contributed by atoms with van der Waals surface area (Å²) in [6, 6.07) is 8.11. The summed E-state index contributed by atoms with van der Waals surface area (Å²) in [4.78, 5) is 16.6. The molecule has 5 heterocycles. The van der Waals surface area contributed by atoms with Crippen LogP contribution in [0, 0.1) is 6.92 Å². The Hall–Kier alpha value is -1.93. The molecule has 2 saturated heterocycles. The second-order valence-electron chi connectivity index (χ2n) is 8.95. The standard InChI is InChI=1S/C25H30ClN5OS/c1-18-13-28-25(33-17-22-7-4-12-32-22)29-24(18)19-5-2-10-30(15-19)16-21-6-3-11-31(21)23-9-8-20(26)14-27-23/h3,6,8-9,11,13-14,19,22H,2,4-5,7,10,12,15-17H2,1H3/t19-,22-/m1/s1. The van der Waals surface area contributed by atoms with Gasteiger partial charge in [0.2, 0.25) is 0 Å². The molecule has 174 valence electrons. The molecule has 3 aromatic heterocycles. The van der Waals surface area contributed by atoms with E-state index in [0.29, 0.717) is 17.0 Å². The maximum absolute atomic E-state index is 6.02. The Labute approximate surface area is 204 Å². The van der Waals surface area contributed by atoms with Gasteiger partial charge in [-0.25, -0.2) is 15.0 Å². The molecule has 5 rings (SSSR count). The third-order valence-corrected chi connectivity index (χ3v) is 7.70. The van der Waals surface area contributed by atoms with Gasteiger partial charge in [0.15, 0.2) is 5.16 Å². The van der Waals surface area contributed by atoms with Gasteiger partial charge in [0.25, 0.3) is 0 Å². The third kappa shape index (κ3) is 5.60. The van der Waals surface area contributed by atoms with Crippen LogP contribution in [0.4, 0.5) is 0 Å². The molecule has 6 nitrogen and oxygen atoms in total. The molecule has 0 radical (unpaired) electrons. The van der Waals surface area contributed by atoms with E-state index in [1.54, 1.807) is 18.0 Å². The summed E-state index contributed by atoms with van der Waals surface area (Å²) in [6.45, 7) is 6.02. The Morgan fingerprint density at radius 1 is 1.15 bits per heavy atom. The Morgan fingerprint density at radius 2 is 2.09 bits per heavy atom. The van der Waals surface area contributed by atoms with E-state index in [2.05, 4.69) is 44.7 Å². The number of halogens is 1. The van der Waals surface area contributed by atoms with Gasteiger partial charge in [-0.05, 0) is 69.0 Å². The number of hydrogen-bond acceptors (Lipinski definition) is 6. The largest absolute Gasteiger partial charge is 0.377 e. The predicted octanol–water partition coefficient (Wildman–Crippen LogP) is 5.27. The summed E-state index contributed by atoms with van der Waals surface area (Å²) in [5.74, 6) is 2.27. The monoisotopic (exact) mass is 483 g/mol. The van der Waals surface area contributed by atoms with Gasteiger partial charge in [0.1, 0.15) is 5.82 Å². The third-order valence-electron chi connectivity index (χ3n) is 6.48. The van der Waals surface area contributed by atoms with Gasteiger partial charge in [-0.2, -0.15) is 0 Å². The van der Waals surface area contributed by atoms with Crippen LogP contribution in [0.5, 0.6) is 0 Å². The first-order valence-electron chi connectivity index (χ1n) is 11.7. The molecule has 0 aliphatic carbocycles. The topological polar surface area (TPSA) is 56.1 Å². The van der Waals surface area contributed by atoms with E-state index < -0.39 is 0 Å². The Morgan fingerprint density at radius 3 is 2.91 bits per heavy atom. The summed E-state index contributed by atoms with van der Waals surface area (Å²) < 4.78 is 7.91. The quantitative estimate of drug-likeness (QED) is 0.337. The Bertz CT molecular complexity index is 1070. The van der Waals surface area contributed by atoms with Crippen molar-refractivity contribution in [3.05, 3.63) is 64.8 Å². The zero-order valence-electron chi connectivity index (χ0n) is 19.0. The molecule has 0 amide bonds. The fourth-order valence-corrected chi connectivity index (χ4v) is 5.79. The van der Waals surface area contributed by atoms with E-state index in [-0.39, 0.29) is 0 Å². The van der Waals surface area contributed by atoms with Crippen LogP contribution in [0.1, 0.15) is 48.6 Å². The number of aromatic nitrogens is 4. The van der Waals surface area contributed by atoms with Crippen molar-refractivity contribution in [2.45, 2.75) is 56.3 Å². The van der Waals surface area contributed by atoms with Gasteiger partial charge >= 0.3 is 0 Å². The molecule has 3 aromatic rings. The van der Waals surface area contributed by atoms with E-state index in [4.69, 9.17) is 21.3 Å². The summed E-state index contributed by atoms with van der Waals surface area (Å²) in [5, 5.41) is 1.53. The molecule has 2 fully saturated rings. The fraction of sp³-hybridized carbons (Fsp3) is 0.480. The van der Waals surface area contributed by atoms with Crippen LogP contribution in [0.2, 0.25) is 5.02 Å². The van der Waals surface area contributed by atoms with Crippen LogP contribution in [0.25, 0.3) is 5.82 Å². The lowest BCUT2D eigenvalue weighted by atomic mass is 9.92. The average Bonchev–Trinajstić information content (AvgIpc) is 3.52. The average molecular weight is 484 g/mol. The van der Waals surface area contributed by atoms with Crippen LogP contribution in [-0.4, -0.2) is 56.0 Å². The van der Waals surface area contributed by atoms with E-state index in [0.717, 1.165) is 49.4 Å². The minimum Gasteiger partial charge on any atom is -0.377 e. The second-order valence-corrected chi connectivity index (χ2v) is 10.4. The van der Waals surface area contributed by atoms with Crippen LogP contribution in [-0.2, 0) is 11.3 Å². The molecule has 8 heteroatoms. The molecular formula is C25H30ClN5OS. The highest BCUT2D eigenvalue weighted by molar-refractivity contribution is 7.99. The summed E-state index contributed by atoms with van der Waals surface area (Å²) >= 11 is 7.75. The van der Waals surface area contributed by atoms with Gasteiger partial charge < -0.3 is 9.30 Å². The highest BCUT2D eigenvalue weighted by Gasteiger charge is 2.25. The lowest BCUT2D eigenvalue weighted by Gasteiger charge is -2.33. The fourth-order valence-electron chi connectivity index (χ4n) is 4.79. The molecular weight excluding hydrogens is 454 g/mol. The lowest BCUT2D eigenvalue weighted by molar-refractivity contribution is 0.129. The number of aryl methyl sites for hydroxylation is 1. The number of rotatable bonds is 7. The van der Waals surface area contributed by atoms with Crippen molar-refractivity contribution in [2.24, 2.45) is 0 Å². The first-order chi connectivity index (χ1) is 16.2. The molecule has 0 saturated carbocycles. The molecule has 0 unspecified atom stereocenters. The number of ether oxygens (including phenoxy) is 1. The van der Waals surface area contributed by atoms with Crippen molar-refractivity contribution in [3.63, 3.8) is 0 Å². The molecule has 33 heavy (non-hydrogen) atoms. The Balaban J connectivity index is 1.26. The summed E-state index contributed by atoms with van der Waals surface area (Å²) in [5.41, 5.74) is 3.63. The van der Waals surface area contributed by atoms with E-state index >= 15 is 0 Å². The van der Waals surface area contributed by atoms with Crippen molar-refractivity contribution < 1.29 is 4.74 Å². The molecule has 2 atom stereocenters. The van der Waals surface area contributed by atoms with Crippen molar-refractivity contribution in [2.75, 3.05) is 25.4 Å². The van der Waals surface area contributed by atoms with Crippen LogP contribution in [0.3, 0.4) is 0 Å². The van der Waals surface area contributed by atoms with Gasteiger partial charge in [-0.1, -0.05) is 23.4 Å². The molecule has 0 aromatic carbocycles. The minimum atomic E-state index is 0.347. The summed E-state index contributed by atoms with van der Waals surface area (Å²) in [6.07, 6.45) is 10.8. The van der Waals surface area contributed by atoms with E-state index in [1.807, 2.05) is 18.3 Å². The number of piperidine rings is 1. The number of thioether (sulfide) groups is 1. The first kappa shape index (κ1) is 22.8. The van der Waals surface area contributed by atoms with Gasteiger partial charge in [0.05, 0.1) is 16.8 Å². The molecule has 0 N–H and O–H groups in total. The van der Waals surface area contributed by atoms with Crippen molar-refractivity contribution in [3.8, 4) is 5.82 Å². The zero-order valence-corrected chi connectivity index (χ0v) is 20.6. The minimum absolute atomic E-state index is 0.347. The van der Waals surface area contributed by atoms with Crippen LogP contribution in [0.15, 0.2) is 48.0 Å². The maximum Gasteiger partial charge on any atom is 0.187 e. The molecule has 2 aliphatic rings. The van der Waals surface area contributed by atoms with Gasteiger partial charge in [0, 0.05) is 55.7 Å². The first-order valence-corrected chi connectivity index (χ1v) is 13.1. The van der Waals surface area contributed by atoms with E-state index in [1.165, 1.54) is 36.2 Å². The molecule has 0 spiro atoms. The van der Waals surface area contributed by atoms with E-state index in [9.17, 15) is 0 Å². The number of likely N-dealkylation sites (tertiary alicyclic amines) is 1. The van der Waals surface area contributed by atoms with Crippen molar-refractivity contribution >= 4 is 23.4 Å². The molecule has 2 aliphatic heterocycles. The SMILES string of the molecule is Cc1cnc(SC[C@H]2CCCO2)nc1[C@@H]1CCCN(Cc2cccn2-c2ccc(Cl)cn2)C1. The normalized spacial score (nSPS) is 21.5. The molecule has 0 bridgehead atoms. The van der Waals surface area contributed by atoms with Crippen LogP contribution < -0.4 is 0 Å². The maximum atomic E-state index is 6.02. The highest BCUT2D eigenvalue weighted by atomic mass is 35.5. The smallest absolute Gasteiger partial charge is 0.187 e. The van der Waals surface area contributed by atoms with Crippen molar-refractivity contribution in [1.82, 2.24) is 24.4 Å². The number of pyridine rings is 1.